The van der Waals surface area contributed by atoms with Crippen molar-refractivity contribution in [2.24, 2.45) is 10.9 Å². The van der Waals surface area contributed by atoms with Crippen molar-refractivity contribution in [3.05, 3.63) is 18.0 Å². The summed E-state index contributed by atoms with van der Waals surface area (Å²) in [5.41, 5.74) is 5.96. The van der Waals surface area contributed by atoms with Crippen molar-refractivity contribution in [1.29, 1.82) is 0 Å². The number of aromatic nitrogens is 2. The maximum Gasteiger partial charge on any atom is 0.226 e. The fourth-order valence-corrected chi connectivity index (χ4v) is 1.96. The lowest BCUT2D eigenvalue weighted by Gasteiger charge is -2.34. The van der Waals surface area contributed by atoms with Gasteiger partial charge in [-0.1, -0.05) is 12.1 Å². The molecular weight excluding hydrogens is 232 g/mol. The van der Waals surface area contributed by atoms with Gasteiger partial charge < -0.3 is 20.7 Å². The number of rotatable bonds is 3. The summed E-state index contributed by atoms with van der Waals surface area (Å²) >= 11 is 0. The van der Waals surface area contributed by atoms with E-state index in [0.29, 0.717) is 11.6 Å². The molecule has 1 fully saturated rings. The molecule has 0 unspecified atom stereocenters. The second kappa shape index (κ2) is 5.63. The standard InChI is InChI=1S/C11H18N6O/c1-2-16-5-7-17(8-6-16)11-13-4-3-9(14-11)10(12)15-18/h3-4,18H,2,5-8H2,1H3,(H2,12,15). The summed E-state index contributed by atoms with van der Waals surface area (Å²) in [7, 11) is 0. The molecule has 0 aromatic carbocycles. The third-order valence-electron chi connectivity index (χ3n) is 3.12. The van der Waals surface area contributed by atoms with Crippen LogP contribution in [0, 0.1) is 0 Å². The molecule has 18 heavy (non-hydrogen) atoms. The predicted octanol–water partition coefficient (Wildman–Crippen LogP) is -0.287. The highest BCUT2D eigenvalue weighted by Gasteiger charge is 2.18. The zero-order valence-corrected chi connectivity index (χ0v) is 10.5. The maximum absolute atomic E-state index is 8.64. The van der Waals surface area contributed by atoms with Gasteiger partial charge >= 0.3 is 0 Å². The van der Waals surface area contributed by atoms with Gasteiger partial charge in [0, 0.05) is 32.4 Å². The van der Waals surface area contributed by atoms with Gasteiger partial charge in [0.15, 0.2) is 5.84 Å². The molecule has 2 heterocycles. The van der Waals surface area contributed by atoms with Crippen molar-refractivity contribution in [2.75, 3.05) is 37.6 Å². The van der Waals surface area contributed by atoms with E-state index in [1.54, 1.807) is 12.3 Å². The number of oxime groups is 1. The molecule has 0 spiro atoms. The molecule has 7 heteroatoms. The fraction of sp³-hybridized carbons (Fsp3) is 0.545. The van der Waals surface area contributed by atoms with Gasteiger partial charge in [-0.15, -0.1) is 0 Å². The van der Waals surface area contributed by atoms with Crippen LogP contribution < -0.4 is 10.6 Å². The maximum atomic E-state index is 8.64. The van der Waals surface area contributed by atoms with Crippen molar-refractivity contribution in [1.82, 2.24) is 14.9 Å². The number of hydrogen-bond donors (Lipinski definition) is 2. The first kappa shape index (κ1) is 12.6. The minimum absolute atomic E-state index is 0.00541. The van der Waals surface area contributed by atoms with Gasteiger partial charge in [0.25, 0.3) is 0 Å². The highest BCUT2D eigenvalue weighted by molar-refractivity contribution is 5.95. The van der Waals surface area contributed by atoms with Crippen LogP contribution in [-0.4, -0.2) is 58.6 Å². The lowest BCUT2D eigenvalue weighted by Crippen LogP contribution is -2.46. The predicted molar refractivity (Wildman–Crippen MR) is 68.9 cm³/mol. The van der Waals surface area contributed by atoms with Crippen molar-refractivity contribution < 1.29 is 5.21 Å². The minimum Gasteiger partial charge on any atom is -0.409 e. The van der Waals surface area contributed by atoms with Crippen LogP contribution in [0.3, 0.4) is 0 Å². The second-order valence-corrected chi connectivity index (χ2v) is 4.15. The van der Waals surface area contributed by atoms with E-state index in [2.05, 4.69) is 31.8 Å². The van der Waals surface area contributed by atoms with Crippen molar-refractivity contribution in [2.45, 2.75) is 6.92 Å². The SMILES string of the molecule is CCN1CCN(c2nccc(/C(N)=N/O)n2)CC1. The van der Waals surface area contributed by atoms with Crippen LogP contribution in [0.2, 0.25) is 0 Å². The van der Waals surface area contributed by atoms with Crippen LogP contribution in [0.25, 0.3) is 0 Å². The average Bonchev–Trinajstić information content (AvgIpc) is 2.46. The Balaban J connectivity index is 2.10. The molecule has 0 bridgehead atoms. The Hall–Kier alpha value is -1.89. The van der Waals surface area contributed by atoms with Gasteiger partial charge in [0.1, 0.15) is 5.69 Å². The number of nitrogens with zero attached hydrogens (tertiary/aromatic N) is 5. The molecule has 1 aromatic rings. The van der Waals surface area contributed by atoms with E-state index >= 15 is 0 Å². The van der Waals surface area contributed by atoms with Gasteiger partial charge in [-0.25, -0.2) is 9.97 Å². The Morgan fingerprint density at radius 1 is 1.44 bits per heavy atom. The first-order chi connectivity index (χ1) is 8.74. The zero-order chi connectivity index (χ0) is 13.0. The molecule has 7 nitrogen and oxygen atoms in total. The van der Waals surface area contributed by atoms with Crippen LogP contribution in [-0.2, 0) is 0 Å². The molecule has 0 radical (unpaired) electrons. The van der Waals surface area contributed by atoms with Crippen molar-refractivity contribution in [3.63, 3.8) is 0 Å². The van der Waals surface area contributed by atoms with Crippen molar-refractivity contribution >= 4 is 11.8 Å². The smallest absolute Gasteiger partial charge is 0.226 e. The third-order valence-corrected chi connectivity index (χ3v) is 3.12. The van der Waals surface area contributed by atoms with E-state index in [1.807, 2.05) is 0 Å². The van der Waals surface area contributed by atoms with E-state index < -0.39 is 0 Å². The van der Waals surface area contributed by atoms with Gasteiger partial charge in [0.2, 0.25) is 5.95 Å². The van der Waals surface area contributed by atoms with Gasteiger partial charge in [-0.2, -0.15) is 0 Å². The van der Waals surface area contributed by atoms with Crippen LogP contribution in [0.15, 0.2) is 17.4 Å². The Labute approximate surface area is 106 Å². The molecule has 1 aromatic heterocycles. The molecule has 0 amide bonds. The lowest BCUT2D eigenvalue weighted by molar-refractivity contribution is 0.270. The molecule has 0 atom stereocenters. The Morgan fingerprint density at radius 2 is 2.17 bits per heavy atom. The number of hydrogen-bond acceptors (Lipinski definition) is 6. The molecule has 2 rings (SSSR count). The molecule has 0 saturated carbocycles. The Morgan fingerprint density at radius 3 is 2.78 bits per heavy atom. The number of amidine groups is 1. The molecule has 3 N–H and O–H groups in total. The minimum atomic E-state index is 0.00541. The Kier molecular flexibility index (Phi) is 3.93. The molecule has 0 aliphatic carbocycles. The molecule has 1 saturated heterocycles. The third kappa shape index (κ3) is 2.67. The summed E-state index contributed by atoms with van der Waals surface area (Å²) in [5.74, 6) is 0.640. The van der Waals surface area contributed by atoms with E-state index in [9.17, 15) is 0 Å². The van der Waals surface area contributed by atoms with E-state index in [0.717, 1.165) is 32.7 Å². The quantitative estimate of drug-likeness (QED) is 0.332. The largest absolute Gasteiger partial charge is 0.409 e. The summed E-state index contributed by atoms with van der Waals surface area (Å²) in [6.45, 7) is 7.03. The monoisotopic (exact) mass is 250 g/mol. The fourth-order valence-electron chi connectivity index (χ4n) is 1.96. The number of nitrogens with two attached hydrogens (primary N) is 1. The zero-order valence-electron chi connectivity index (χ0n) is 10.5. The van der Waals surface area contributed by atoms with E-state index in [4.69, 9.17) is 10.9 Å². The first-order valence-corrected chi connectivity index (χ1v) is 6.03. The summed E-state index contributed by atoms with van der Waals surface area (Å²) in [5, 5.41) is 11.6. The first-order valence-electron chi connectivity index (χ1n) is 6.03. The summed E-state index contributed by atoms with van der Waals surface area (Å²) in [4.78, 5) is 13.0. The summed E-state index contributed by atoms with van der Waals surface area (Å²) in [6, 6.07) is 1.63. The van der Waals surface area contributed by atoms with Gasteiger partial charge in [-0.05, 0) is 12.6 Å². The van der Waals surface area contributed by atoms with Crippen LogP contribution >= 0.6 is 0 Å². The highest BCUT2D eigenvalue weighted by Crippen LogP contribution is 2.11. The van der Waals surface area contributed by atoms with Crippen LogP contribution in [0.5, 0.6) is 0 Å². The topological polar surface area (TPSA) is 90.9 Å². The average molecular weight is 250 g/mol. The van der Waals surface area contributed by atoms with Gasteiger partial charge in [-0.3, -0.25) is 0 Å². The number of anilines is 1. The number of piperazine rings is 1. The normalized spacial score (nSPS) is 18.1. The molecule has 1 aliphatic heterocycles. The molecular formula is C11H18N6O. The van der Waals surface area contributed by atoms with Crippen molar-refractivity contribution in [3.8, 4) is 0 Å². The summed E-state index contributed by atoms with van der Waals surface area (Å²) < 4.78 is 0. The second-order valence-electron chi connectivity index (χ2n) is 4.15. The highest BCUT2D eigenvalue weighted by atomic mass is 16.4. The Bertz CT molecular complexity index is 427. The molecule has 1 aliphatic rings. The lowest BCUT2D eigenvalue weighted by atomic mass is 10.3. The van der Waals surface area contributed by atoms with E-state index in [1.165, 1.54) is 0 Å². The van der Waals surface area contributed by atoms with Crippen LogP contribution in [0.4, 0.5) is 5.95 Å². The molecule has 98 valence electrons. The van der Waals surface area contributed by atoms with E-state index in [-0.39, 0.29) is 5.84 Å². The number of likely N-dealkylation sites (N-methyl/N-ethyl adjacent to an activating group) is 1. The van der Waals surface area contributed by atoms with Crippen LogP contribution in [0.1, 0.15) is 12.6 Å². The van der Waals surface area contributed by atoms with Gasteiger partial charge in [0.05, 0.1) is 0 Å². The summed E-state index contributed by atoms with van der Waals surface area (Å²) in [6.07, 6.45) is 1.63.